The van der Waals surface area contributed by atoms with E-state index in [1.165, 1.54) is 14.2 Å². The van der Waals surface area contributed by atoms with Crippen LogP contribution in [-0.4, -0.2) is 93.1 Å². The Morgan fingerprint density at radius 2 is 1.24 bits per heavy atom. The molecule has 0 bridgehead atoms. The number of amides is 4. The maximum atomic E-state index is 13.6. The van der Waals surface area contributed by atoms with Crippen LogP contribution in [0.15, 0.2) is 48.8 Å². The Morgan fingerprint density at radius 1 is 0.724 bits per heavy atom. The third-order valence-corrected chi connectivity index (χ3v) is 10.3. The predicted molar refractivity (Wildman–Crippen MR) is 224 cm³/mol. The van der Waals surface area contributed by atoms with Crippen molar-refractivity contribution in [2.75, 3.05) is 27.3 Å². The summed E-state index contributed by atoms with van der Waals surface area (Å²) in [5, 5.41) is 7.30. The molecule has 0 aliphatic carbocycles. The average Bonchev–Trinajstić information content (AvgIpc) is 4.03. The molecule has 2 aromatic carbocycles. The van der Waals surface area contributed by atoms with Gasteiger partial charge in [0, 0.05) is 24.2 Å². The van der Waals surface area contributed by atoms with E-state index < -0.39 is 24.3 Å². The van der Waals surface area contributed by atoms with Crippen LogP contribution in [0.2, 0.25) is 0 Å². The molecular weight excluding hydrogens is 783 g/mol. The number of nitrogens with zero attached hydrogens (tertiary/aromatic N) is 4. The first-order chi connectivity index (χ1) is 27.0. The molecule has 4 N–H and O–H groups in total. The summed E-state index contributed by atoms with van der Waals surface area (Å²) in [6.07, 6.45) is 5.30. The molecule has 4 aromatic rings. The smallest absolute Gasteiger partial charge is 0.407 e. The highest BCUT2D eigenvalue weighted by molar-refractivity contribution is 5.99. The van der Waals surface area contributed by atoms with Crippen LogP contribution in [0.4, 0.5) is 9.59 Å². The van der Waals surface area contributed by atoms with E-state index in [1.54, 1.807) is 22.2 Å². The van der Waals surface area contributed by atoms with Crippen LogP contribution in [0.5, 0.6) is 0 Å². The maximum absolute atomic E-state index is 13.6. The van der Waals surface area contributed by atoms with E-state index in [2.05, 4.69) is 49.3 Å². The number of carbonyl (C=O) groups is 4. The predicted octanol–water partition coefficient (Wildman–Crippen LogP) is 6.29. The molecule has 2 aliphatic heterocycles. The third kappa shape index (κ3) is 9.87. The first kappa shape index (κ1) is 45.0. The van der Waals surface area contributed by atoms with Crippen molar-refractivity contribution in [2.24, 2.45) is 11.8 Å². The highest BCUT2D eigenvalue weighted by atomic mass is 35.5. The molecule has 2 saturated heterocycles. The first-order valence-electron chi connectivity index (χ1n) is 18.9. The minimum Gasteiger partial charge on any atom is -0.453 e. The number of carbonyl (C=O) groups excluding carboxylic acids is 4. The Morgan fingerprint density at radius 3 is 1.81 bits per heavy atom. The highest BCUT2D eigenvalue weighted by Gasteiger charge is 2.39. The largest absolute Gasteiger partial charge is 0.453 e. The Kier molecular flexibility index (Phi) is 15.6. The summed E-state index contributed by atoms with van der Waals surface area (Å²) >= 11 is 0. The third-order valence-electron chi connectivity index (χ3n) is 10.3. The lowest BCUT2D eigenvalue weighted by molar-refractivity contribution is -0.136. The zero-order valence-electron chi connectivity index (χ0n) is 33.4. The molecule has 308 valence electrons. The van der Waals surface area contributed by atoms with Gasteiger partial charge in [-0.05, 0) is 72.1 Å². The zero-order valence-corrected chi connectivity index (χ0v) is 35.0. The molecule has 58 heavy (non-hydrogen) atoms. The molecule has 0 radical (unpaired) electrons. The molecule has 0 unspecified atom stereocenters. The van der Waals surface area contributed by atoms with Crippen molar-refractivity contribution >= 4 is 59.6 Å². The second-order valence-electron chi connectivity index (χ2n) is 14.7. The van der Waals surface area contributed by atoms with Crippen LogP contribution in [0.3, 0.4) is 0 Å². The Labute approximate surface area is 350 Å². The fraction of sp³-hybridized carbons (Fsp3) is 0.429. The van der Waals surface area contributed by atoms with Crippen molar-refractivity contribution in [3.05, 3.63) is 71.7 Å². The lowest BCUT2D eigenvalue weighted by Gasteiger charge is -2.30. The number of rotatable bonds is 9. The maximum Gasteiger partial charge on any atom is 0.407 e. The number of alkyl carbamates (subject to hydrolysis) is 2. The van der Waals surface area contributed by atoms with Gasteiger partial charge < -0.3 is 39.9 Å². The number of aromatic amines is 2. The second kappa shape index (κ2) is 20.1. The molecule has 4 amide bonds. The molecule has 4 atom stereocenters. The van der Waals surface area contributed by atoms with Crippen LogP contribution < -0.4 is 10.6 Å². The monoisotopic (exact) mass is 832 g/mol. The molecule has 16 heteroatoms. The van der Waals surface area contributed by atoms with Gasteiger partial charge >= 0.3 is 12.2 Å². The minimum atomic E-state index is -0.711. The van der Waals surface area contributed by atoms with Crippen LogP contribution in [-0.2, 0) is 19.1 Å². The van der Waals surface area contributed by atoms with Gasteiger partial charge in [0.05, 0.1) is 44.4 Å². The lowest BCUT2D eigenvalue weighted by atomic mass is 9.99. The Balaban J connectivity index is 0.00000372. The van der Waals surface area contributed by atoms with Crippen LogP contribution in [0.25, 0.3) is 22.0 Å². The number of imidazole rings is 2. The molecule has 0 spiro atoms. The molecule has 2 aromatic heterocycles. The molecule has 6 rings (SSSR count). The fourth-order valence-corrected chi connectivity index (χ4v) is 7.45. The van der Waals surface area contributed by atoms with E-state index in [9.17, 15) is 19.2 Å². The normalized spacial score (nSPS) is 16.9. The highest BCUT2D eigenvalue weighted by Crippen LogP contribution is 2.35. The van der Waals surface area contributed by atoms with Crippen molar-refractivity contribution in [3.63, 3.8) is 0 Å². The van der Waals surface area contributed by atoms with Crippen molar-refractivity contribution in [3.8, 4) is 34.9 Å². The lowest BCUT2D eigenvalue weighted by Crippen LogP contribution is -2.51. The first-order valence-corrected chi connectivity index (χ1v) is 18.9. The number of methoxy groups -OCH3 is 2. The van der Waals surface area contributed by atoms with Gasteiger partial charge in [0.15, 0.2) is 0 Å². The van der Waals surface area contributed by atoms with Crippen molar-refractivity contribution in [1.29, 1.82) is 0 Å². The van der Waals surface area contributed by atoms with Gasteiger partial charge in [-0.3, -0.25) is 9.59 Å². The zero-order chi connectivity index (χ0) is 39.9. The van der Waals surface area contributed by atoms with E-state index in [0.717, 1.165) is 53.3 Å². The standard InChI is InChI=1S/C42H48N8O6.2ClH/c1-25(2)35(47-41(53)55-5)39(51)49-21-11-19-33(49)37-43-23-28(45-37)15-8-7-13-27-14-9-17-30-29(27)16-10-18-31(30)32-24-44-38(46-32)34-20-12-22-50(34)40(52)36(26(3)4)48-42(54)56-6;;/h9-10,14,16-18,23-26,33-36H,11-12,19-22H2,1-6H3,(H,43,45)(H,44,46)(H,47,53)(H,48,54);2*1H/t33-,34-,35-,36-;;/m0../s1. The molecule has 2 fully saturated rings. The number of fused-ring (bicyclic) bond motifs is 1. The molecular formula is C42H50Cl2N8O6. The summed E-state index contributed by atoms with van der Waals surface area (Å²) < 4.78 is 9.50. The fourth-order valence-electron chi connectivity index (χ4n) is 7.45. The van der Waals surface area contributed by atoms with Gasteiger partial charge in [-0.15, -0.1) is 24.8 Å². The minimum absolute atomic E-state index is 0. The van der Waals surface area contributed by atoms with Crippen LogP contribution in [0.1, 0.15) is 88.4 Å². The summed E-state index contributed by atoms with van der Waals surface area (Å²) in [4.78, 5) is 70.5. The Hall–Kier alpha value is -5.70. The van der Waals surface area contributed by atoms with E-state index in [1.807, 2.05) is 64.1 Å². The average molecular weight is 834 g/mol. The number of benzene rings is 2. The second-order valence-corrected chi connectivity index (χ2v) is 14.7. The number of hydrogen-bond acceptors (Lipinski definition) is 8. The van der Waals surface area contributed by atoms with E-state index in [4.69, 9.17) is 14.5 Å². The van der Waals surface area contributed by atoms with Crippen molar-refractivity contribution in [1.82, 2.24) is 40.4 Å². The summed E-state index contributed by atoms with van der Waals surface area (Å²) in [5.41, 5.74) is 3.16. The summed E-state index contributed by atoms with van der Waals surface area (Å²) in [7, 11) is 2.56. The quantitative estimate of drug-likeness (QED) is 0.143. The number of nitrogens with one attached hydrogen (secondary N) is 4. The van der Waals surface area contributed by atoms with E-state index >= 15 is 0 Å². The Bertz CT molecular complexity index is 2230. The topological polar surface area (TPSA) is 175 Å². The number of halogens is 2. The summed E-state index contributed by atoms with van der Waals surface area (Å²) in [5.74, 6) is 12.9. The van der Waals surface area contributed by atoms with Crippen LogP contribution >= 0.6 is 24.8 Å². The van der Waals surface area contributed by atoms with Crippen molar-refractivity contribution in [2.45, 2.75) is 77.5 Å². The van der Waals surface area contributed by atoms with E-state index in [-0.39, 0.29) is 60.5 Å². The number of aromatic nitrogens is 4. The molecule has 14 nitrogen and oxygen atoms in total. The summed E-state index contributed by atoms with van der Waals surface area (Å²) in [6.45, 7) is 8.68. The van der Waals surface area contributed by atoms with Gasteiger partial charge in [0.25, 0.3) is 0 Å². The van der Waals surface area contributed by atoms with Crippen LogP contribution in [0, 0.1) is 35.5 Å². The number of H-pyrrole nitrogens is 2. The van der Waals surface area contributed by atoms with Gasteiger partial charge in [-0.25, -0.2) is 19.6 Å². The van der Waals surface area contributed by atoms with Gasteiger partial charge in [-0.2, -0.15) is 0 Å². The molecule has 4 heterocycles. The van der Waals surface area contributed by atoms with E-state index in [0.29, 0.717) is 30.4 Å². The van der Waals surface area contributed by atoms with Crippen molar-refractivity contribution < 1.29 is 28.7 Å². The van der Waals surface area contributed by atoms with Gasteiger partial charge in [0.2, 0.25) is 11.8 Å². The molecule has 0 saturated carbocycles. The molecule has 2 aliphatic rings. The number of hydrogen-bond donors (Lipinski definition) is 4. The van der Waals surface area contributed by atoms with Gasteiger partial charge in [0.1, 0.15) is 29.4 Å². The SMILES string of the molecule is COC(=O)N[C@H](C(=O)N1CCC[C@H]1c1ncc(C#CC#Cc2cccc3c(-c4cnc([C@@H]5CCCN5C(=O)[C@@H](NC(=O)OC)C(C)C)[nH]4)cccc23)[nH]1)C(C)C.Cl.Cl. The number of likely N-dealkylation sites (tertiary alicyclic amines) is 2. The number of ether oxygens (including phenoxy) is 2. The van der Waals surface area contributed by atoms with Gasteiger partial charge in [-0.1, -0.05) is 63.9 Å². The summed E-state index contributed by atoms with van der Waals surface area (Å²) in [6, 6.07) is 10.0.